The normalized spacial score (nSPS) is 34.2. The molecule has 1 aliphatic heterocycles. The van der Waals surface area contributed by atoms with Crippen LogP contribution in [0.15, 0.2) is 4.42 Å². The smallest absolute Gasteiger partial charge is 0.422 e. The van der Waals surface area contributed by atoms with Crippen LogP contribution in [0.1, 0.15) is 43.1 Å². The summed E-state index contributed by atoms with van der Waals surface area (Å²) in [6.45, 7) is -0.347. The van der Waals surface area contributed by atoms with Gasteiger partial charge in [-0.1, -0.05) is 0 Å². The third-order valence-electron chi connectivity index (χ3n) is 3.95. The molecule has 130 valence electrons. The summed E-state index contributed by atoms with van der Waals surface area (Å²) in [6.07, 6.45) is -7.24. The number of halogens is 5. The summed E-state index contributed by atoms with van der Waals surface area (Å²) < 4.78 is 77.5. The molecule has 0 aromatic carbocycles. The summed E-state index contributed by atoms with van der Waals surface area (Å²) >= 11 is 0. The van der Waals surface area contributed by atoms with Crippen molar-refractivity contribution >= 4 is 0 Å². The number of hydrogen-bond acceptors (Lipinski definition) is 6. The molecule has 6 nitrogen and oxygen atoms in total. The molecule has 1 saturated carbocycles. The van der Waals surface area contributed by atoms with E-state index in [1.807, 2.05) is 0 Å². The van der Waals surface area contributed by atoms with Gasteiger partial charge >= 0.3 is 6.36 Å². The van der Waals surface area contributed by atoms with Crippen LogP contribution in [0.4, 0.5) is 22.0 Å². The fraction of sp³-hybridized carbons (Fsp3) is 0.833. The van der Waals surface area contributed by atoms with E-state index >= 15 is 0 Å². The molecule has 2 N–H and O–H groups in total. The van der Waals surface area contributed by atoms with Crippen LogP contribution in [0.5, 0.6) is 0 Å². The Hall–Kier alpha value is -1.33. The zero-order valence-electron chi connectivity index (χ0n) is 11.7. The molecule has 0 spiro atoms. The molecular weight excluding hydrogens is 329 g/mol. The molecule has 0 radical (unpaired) electrons. The summed E-state index contributed by atoms with van der Waals surface area (Å²) in [6, 6.07) is -1.40. The van der Waals surface area contributed by atoms with Crippen molar-refractivity contribution in [1.29, 1.82) is 0 Å². The molecule has 11 heteroatoms. The van der Waals surface area contributed by atoms with Crippen LogP contribution in [0.3, 0.4) is 0 Å². The second-order valence-corrected chi connectivity index (χ2v) is 5.73. The van der Waals surface area contributed by atoms with Gasteiger partial charge < -0.3 is 14.9 Å². The molecular formula is C12H14F5N3O3. The number of nitrogens with zero attached hydrogens (tertiary/aromatic N) is 2. The van der Waals surface area contributed by atoms with Gasteiger partial charge in [-0.15, -0.1) is 23.4 Å². The maximum absolute atomic E-state index is 13.6. The molecule has 0 amide bonds. The number of hydrogen-bond donors (Lipinski definition) is 1. The lowest BCUT2D eigenvalue weighted by Gasteiger charge is -2.33. The zero-order valence-corrected chi connectivity index (χ0v) is 11.7. The highest BCUT2D eigenvalue weighted by atomic mass is 19.4. The van der Waals surface area contributed by atoms with E-state index in [2.05, 4.69) is 14.9 Å². The molecule has 1 aliphatic carbocycles. The highest BCUT2D eigenvalue weighted by Crippen LogP contribution is 2.42. The van der Waals surface area contributed by atoms with Gasteiger partial charge in [-0.2, -0.15) is 0 Å². The summed E-state index contributed by atoms with van der Waals surface area (Å²) in [5, 5.41) is 7.36. The third kappa shape index (κ3) is 3.61. The first-order chi connectivity index (χ1) is 10.6. The van der Waals surface area contributed by atoms with Gasteiger partial charge in [-0.3, -0.25) is 4.74 Å². The maximum atomic E-state index is 13.6. The van der Waals surface area contributed by atoms with E-state index in [0.29, 0.717) is 0 Å². The third-order valence-corrected chi connectivity index (χ3v) is 3.95. The molecule has 2 fully saturated rings. The molecule has 2 atom stereocenters. The van der Waals surface area contributed by atoms with Gasteiger partial charge in [0.2, 0.25) is 11.8 Å². The van der Waals surface area contributed by atoms with E-state index in [0.717, 1.165) is 0 Å². The molecule has 2 aliphatic rings. The van der Waals surface area contributed by atoms with Gasteiger partial charge in [-0.25, -0.2) is 8.78 Å². The summed E-state index contributed by atoms with van der Waals surface area (Å²) in [5.74, 6) is -3.51. The first-order valence-corrected chi connectivity index (χ1v) is 6.97. The van der Waals surface area contributed by atoms with Crippen LogP contribution in [-0.2, 0) is 9.47 Å². The molecule has 1 saturated heterocycles. The first kappa shape index (κ1) is 16.5. The van der Waals surface area contributed by atoms with E-state index in [9.17, 15) is 22.0 Å². The van der Waals surface area contributed by atoms with Gasteiger partial charge in [0.15, 0.2) is 0 Å². The fourth-order valence-corrected chi connectivity index (χ4v) is 2.55. The molecule has 23 heavy (non-hydrogen) atoms. The number of ether oxygens (including phenoxy) is 2. The van der Waals surface area contributed by atoms with Crippen molar-refractivity contribution in [3.05, 3.63) is 11.8 Å². The van der Waals surface area contributed by atoms with Gasteiger partial charge in [0.05, 0.1) is 18.8 Å². The van der Waals surface area contributed by atoms with Gasteiger partial charge in [-0.05, 0) is 12.8 Å². The Morgan fingerprint density at radius 3 is 2.43 bits per heavy atom. The quantitative estimate of drug-likeness (QED) is 0.848. The predicted molar refractivity (Wildman–Crippen MR) is 63.4 cm³/mol. The van der Waals surface area contributed by atoms with Crippen molar-refractivity contribution in [1.82, 2.24) is 10.2 Å². The Labute approximate surface area is 127 Å². The minimum atomic E-state index is -4.68. The fourth-order valence-electron chi connectivity index (χ4n) is 2.55. The largest absolute Gasteiger partial charge is 0.522 e. The summed E-state index contributed by atoms with van der Waals surface area (Å²) in [7, 11) is 0. The van der Waals surface area contributed by atoms with Gasteiger partial charge in [0, 0.05) is 12.3 Å². The average Bonchev–Trinajstić information content (AvgIpc) is 2.84. The Morgan fingerprint density at radius 2 is 1.83 bits per heavy atom. The zero-order chi connectivity index (χ0) is 16.8. The molecule has 2 heterocycles. The molecule has 0 bridgehead atoms. The number of alkyl halides is 5. The molecule has 0 unspecified atom stereocenters. The van der Waals surface area contributed by atoms with E-state index in [-0.39, 0.29) is 37.1 Å². The van der Waals surface area contributed by atoms with Crippen LogP contribution < -0.4 is 5.73 Å². The number of aromatic nitrogens is 2. The van der Waals surface area contributed by atoms with Crippen LogP contribution in [0.2, 0.25) is 0 Å². The highest BCUT2D eigenvalue weighted by Gasteiger charge is 2.47. The average molecular weight is 343 g/mol. The monoisotopic (exact) mass is 343 g/mol. The van der Waals surface area contributed by atoms with Crippen molar-refractivity contribution in [3.8, 4) is 0 Å². The molecule has 1 aromatic heterocycles. The van der Waals surface area contributed by atoms with Crippen LogP contribution in [0, 0.1) is 0 Å². The Morgan fingerprint density at radius 1 is 1.17 bits per heavy atom. The second-order valence-electron chi connectivity index (χ2n) is 5.73. The lowest BCUT2D eigenvalue weighted by Crippen LogP contribution is -2.49. The highest BCUT2D eigenvalue weighted by molar-refractivity contribution is 5.03. The lowest BCUT2D eigenvalue weighted by molar-refractivity contribution is -0.352. The standard InChI is InChI=1S/C12H14F5N3O3/c13-11(14)3-7(21-4-8(11)18)10-20-19-9(22-10)5-1-6(2-5)23-12(15,16)17/h5-8H,1-4,18H2/t5?,6?,7-,8-/m0/s1. The van der Waals surface area contributed by atoms with E-state index < -0.39 is 37.0 Å². The Kier molecular flexibility index (Phi) is 4.05. The van der Waals surface area contributed by atoms with Crippen molar-refractivity contribution in [2.45, 2.75) is 55.7 Å². The Balaban J connectivity index is 1.58. The lowest BCUT2D eigenvalue weighted by atomic mass is 9.82. The van der Waals surface area contributed by atoms with Crippen molar-refractivity contribution < 1.29 is 35.8 Å². The molecule has 3 rings (SSSR count). The Bertz CT molecular complexity index is 558. The van der Waals surface area contributed by atoms with Gasteiger partial charge in [0.25, 0.3) is 5.92 Å². The minimum Gasteiger partial charge on any atom is -0.422 e. The van der Waals surface area contributed by atoms with Crippen molar-refractivity contribution in [2.24, 2.45) is 5.73 Å². The van der Waals surface area contributed by atoms with Crippen molar-refractivity contribution in [3.63, 3.8) is 0 Å². The second kappa shape index (κ2) is 5.64. The van der Waals surface area contributed by atoms with E-state index in [1.165, 1.54) is 0 Å². The first-order valence-electron chi connectivity index (χ1n) is 6.97. The van der Waals surface area contributed by atoms with Gasteiger partial charge in [0.1, 0.15) is 6.10 Å². The molecule has 1 aromatic rings. The van der Waals surface area contributed by atoms with Crippen LogP contribution in [0.25, 0.3) is 0 Å². The van der Waals surface area contributed by atoms with E-state index in [4.69, 9.17) is 14.9 Å². The predicted octanol–water partition coefficient (Wildman–Crippen LogP) is 2.28. The van der Waals surface area contributed by atoms with Crippen LogP contribution in [-0.4, -0.2) is 41.2 Å². The topological polar surface area (TPSA) is 83.4 Å². The summed E-state index contributed by atoms with van der Waals surface area (Å²) in [5.41, 5.74) is 5.26. The SMILES string of the molecule is N[C@H]1CO[C@H](c2nnc(C3CC(OC(F)(F)F)C3)o2)CC1(F)F. The number of nitrogens with two attached hydrogens (primary N) is 1. The van der Waals surface area contributed by atoms with Crippen molar-refractivity contribution in [2.75, 3.05) is 6.61 Å². The summed E-state index contributed by atoms with van der Waals surface area (Å²) in [4.78, 5) is 0. The van der Waals surface area contributed by atoms with Crippen LogP contribution >= 0.6 is 0 Å². The number of rotatable bonds is 3. The minimum absolute atomic E-state index is 0.0771. The van der Waals surface area contributed by atoms with E-state index in [1.54, 1.807) is 0 Å². The maximum Gasteiger partial charge on any atom is 0.522 e.